The zero-order valence-electron chi connectivity index (χ0n) is 15.7. The summed E-state index contributed by atoms with van der Waals surface area (Å²) in [6, 6.07) is 8.16. The highest BCUT2D eigenvalue weighted by atomic mass is 16.6. The molecule has 3 N–H and O–H groups in total. The standard InChI is InChI=1S/C20H18N2O7/c1-10-9-13-14(18(24)28-10)20(11-5-3-4-6-12(11)22-19(20)25)15(16(21)29-13)17(23)27-8-7-26-2/h3-6,9H,7-8,21H2,1-2H3,(H,22,25)/t20-/m0/s1. The molecule has 3 heterocycles. The minimum absolute atomic E-state index is 0.0524. The van der Waals surface area contributed by atoms with Gasteiger partial charge in [0.2, 0.25) is 11.8 Å². The van der Waals surface area contributed by atoms with E-state index >= 15 is 0 Å². The van der Waals surface area contributed by atoms with Crippen molar-refractivity contribution in [3.05, 3.63) is 69.1 Å². The van der Waals surface area contributed by atoms with Gasteiger partial charge in [-0.25, -0.2) is 9.59 Å². The average molecular weight is 398 g/mol. The number of hydrogen-bond donors (Lipinski definition) is 2. The van der Waals surface area contributed by atoms with Crippen molar-refractivity contribution >= 4 is 17.6 Å². The number of amides is 1. The van der Waals surface area contributed by atoms with Crippen LogP contribution in [0.3, 0.4) is 0 Å². The number of methoxy groups -OCH3 is 1. The largest absolute Gasteiger partial charge is 0.460 e. The number of ether oxygens (including phenoxy) is 3. The van der Waals surface area contributed by atoms with E-state index in [4.69, 9.17) is 24.4 Å². The zero-order valence-corrected chi connectivity index (χ0v) is 15.7. The Morgan fingerprint density at radius 2 is 2.00 bits per heavy atom. The van der Waals surface area contributed by atoms with E-state index in [1.54, 1.807) is 31.2 Å². The molecular formula is C20H18N2O7. The maximum Gasteiger partial charge on any atom is 0.344 e. The molecule has 2 aliphatic heterocycles. The number of nitrogens with one attached hydrogen (secondary N) is 1. The van der Waals surface area contributed by atoms with Crippen LogP contribution in [0.2, 0.25) is 0 Å². The third kappa shape index (κ3) is 2.62. The fraction of sp³-hybridized carbons (Fsp3) is 0.250. The van der Waals surface area contributed by atoms with Crippen LogP contribution in [0.5, 0.6) is 5.75 Å². The van der Waals surface area contributed by atoms with Gasteiger partial charge in [0.15, 0.2) is 0 Å². The Morgan fingerprint density at radius 3 is 2.76 bits per heavy atom. The van der Waals surface area contributed by atoms with Crippen LogP contribution < -0.4 is 21.4 Å². The number of hydrogen-bond acceptors (Lipinski definition) is 8. The summed E-state index contributed by atoms with van der Waals surface area (Å²) in [5.74, 6) is -1.51. The molecule has 1 spiro atoms. The molecule has 1 amide bonds. The molecule has 0 aliphatic carbocycles. The first-order valence-electron chi connectivity index (χ1n) is 8.81. The van der Waals surface area contributed by atoms with Gasteiger partial charge in [0.25, 0.3) is 0 Å². The first-order chi connectivity index (χ1) is 13.9. The van der Waals surface area contributed by atoms with Gasteiger partial charge in [-0.05, 0) is 13.0 Å². The fourth-order valence-corrected chi connectivity index (χ4v) is 3.78. The maximum atomic E-state index is 13.3. The van der Waals surface area contributed by atoms with Crippen molar-refractivity contribution in [1.29, 1.82) is 0 Å². The fourth-order valence-electron chi connectivity index (χ4n) is 3.78. The van der Waals surface area contributed by atoms with Gasteiger partial charge in [-0.15, -0.1) is 0 Å². The van der Waals surface area contributed by atoms with Crippen molar-refractivity contribution in [1.82, 2.24) is 0 Å². The SMILES string of the molecule is COCCOC(=O)C1=C(N)Oc2cc(C)oc(=O)c2[C@]12C(=O)Nc1ccccc12. The molecule has 9 nitrogen and oxygen atoms in total. The molecule has 0 radical (unpaired) electrons. The second-order valence-corrected chi connectivity index (χ2v) is 6.60. The van der Waals surface area contributed by atoms with Gasteiger partial charge >= 0.3 is 11.6 Å². The molecule has 2 aliphatic rings. The van der Waals surface area contributed by atoms with Crippen molar-refractivity contribution in [3.63, 3.8) is 0 Å². The van der Waals surface area contributed by atoms with Crippen LogP contribution in [0.25, 0.3) is 0 Å². The number of nitrogens with two attached hydrogens (primary N) is 1. The highest BCUT2D eigenvalue weighted by Gasteiger charge is 2.60. The highest BCUT2D eigenvalue weighted by molar-refractivity contribution is 6.17. The topological polar surface area (TPSA) is 130 Å². The van der Waals surface area contributed by atoms with Gasteiger partial charge in [-0.1, -0.05) is 18.2 Å². The molecular weight excluding hydrogens is 380 g/mol. The summed E-state index contributed by atoms with van der Waals surface area (Å²) in [6.07, 6.45) is 0. The first-order valence-corrected chi connectivity index (χ1v) is 8.81. The second-order valence-electron chi connectivity index (χ2n) is 6.60. The maximum absolute atomic E-state index is 13.3. The van der Waals surface area contributed by atoms with Crippen LogP contribution in [-0.2, 0) is 24.5 Å². The molecule has 2 aromatic rings. The van der Waals surface area contributed by atoms with Gasteiger partial charge in [0.05, 0.1) is 6.61 Å². The van der Waals surface area contributed by atoms with Crippen molar-refractivity contribution in [2.45, 2.75) is 12.3 Å². The molecule has 29 heavy (non-hydrogen) atoms. The number of anilines is 1. The molecule has 0 fully saturated rings. The number of carbonyl (C=O) groups is 2. The van der Waals surface area contributed by atoms with E-state index in [1.807, 2.05) is 0 Å². The lowest BCUT2D eigenvalue weighted by atomic mass is 9.69. The van der Waals surface area contributed by atoms with Crippen molar-refractivity contribution in [3.8, 4) is 5.75 Å². The van der Waals surface area contributed by atoms with Gasteiger partial charge in [-0.2, -0.15) is 0 Å². The van der Waals surface area contributed by atoms with Crippen LogP contribution >= 0.6 is 0 Å². The van der Waals surface area contributed by atoms with Gasteiger partial charge in [-0.3, -0.25) is 4.79 Å². The summed E-state index contributed by atoms with van der Waals surface area (Å²) in [4.78, 5) is 39.2. The van der Waals surface area contributed by atoms with Crippen molar-refractivity contribution in [2.24, 2.45) is 5.73 Å². The van der Waals surface area contributed by atoms with Crippen molar-refractivity contribution in [2.75, 3.05) is 25.6 Å². The monoisotopic (exact) mass is 398 g/mol. The second kappa shape index (κ2) is 6.78. The molecule has 9 heteroatoms. The zero-order chi connectivity index (χ0) is 20.8. The summed E-state index contributed by atoms with van der Waals surface area (Å²) in [5, 5.41) is 2.72. The van der Waals surface area contributed by atoms with E-state index in [9.17, 15) is 14.4 Å². The molecule has 1 aromatic carbocycles. The number of para-hydroxylation sites is 1. The van der Waals surface area contributed by atoms with E-state index in [0.717, 1.165) is 0 Å². The Hall–Kier alpha value is -3.59. The van der Waals surface area contributed by atoms with Crippen molar-refractivity contribution < 1.29 is 28.2 Å². The van der Waals surface area contributed by atoms with Gasteiger partial charge < -0.3 is 29.7 Å². The van der Waals surface area contributed by atoms with E-state index < -0.39 is 22.9 Å². The molecule has 150 valence electrons. The minimum Gasteiger partial charge on any atom is -0.460 e. The Kier molecular flexibility index (Phi) is 4.39. The minimum atomic E-state index is -1.85. The molecule has 0 bridgehead atoms. The summed E-state index contributed by atoms with van der Waals surface area (Å²) >= 11 is 0. The third-order valence-electron chi connectivity index (χ3n) is 4.90. The number of benzene rings is 1. The Morgan fingerprint density at radius 1 is 1.24 bits per heavy atom. The predicted octanol–water partition coefficient (Wildman–Crippen LogP) is 0.939. The lowest BCUT2D eigenvalue weighted by Crippen LogP contribution is -2.48. The normalized spacial score (nSPS) is 19.4. The lowest BCUT2D eigenvalue weighted by Gasteiger charge is -2.34. The molecule has 0 saturated carbocycles. The Bertz CT molecular complexity index is 1120. The average Bonchev–Trinajstić information content (AvgIpc) is 2.93. The molecule has 1 aromatic heterocycles. The molecule has 0 unspecified atom stereocenters. The summed E-state index contributed by atoms with van der Waals surface area (Å²) in [7, 11) is 1.46. The Balaban J connectivity index is 2.02. The lowest BCUT2D eigenvalue weighted by molar-refractivity contribution is -0.142. The quantitative estimate of drug-likeness (QED) is 0.575. The summed E-state index contributed by atoms with van der Waals surface area (Å²) < 4.78 is 20.9. The van der Waals surface area contributed by atoms with E-state index in [2.05, 4.69) is 5.32 Å². The number of esters is 1. The summed E-state index contributed by atoms with van der Waals surface area (Å²) in [5.41, 5.74) is 3.85. The first kappa shape index (κ1) is 18.8. The third-order valence-corrected chi connectivity index (χ3v) is 4.90. The molecule has 1 atom stereocenters. The smallest absolute Gasteiger partial charge is 0.344 e. The number of rotatable bonds is 4. The van der Waals surface area contributed by atoms with Crippen LogP contribution in [0.4, 0.5) is 5.69 Å². The summed E-state index contributed by atoms with van der Waals surface area (Å²) in [6.45, 7) is 1.64. The Labute approximate surface area is 165 Å². The number of fused-ring (bicyclic) bond motifs is 4. The molecule has 4 rings (SSSR count). The van der Waals surface area contributed by atoms with Crippen LogP contribution in [0.15, 0.2) is 51.0 Å². The van der Waals surface area contributed by atoms with Crippen LogP contribution in [0.1, 0.15) is 16.9 Å². The van der Waals surface area contributed by atoms with Gasteiger partial charge in [0.1, 0.15) is 34.7 Å². The number of carbonyl (C=O) groups excluding carboxylic acids is 2. The van der Waals surface area contributed by atoms with E-state index in [-0.39, 0.29) is 41.7 Å². The van der Waals surface area contributed by atoms with Crippen LogP contribution in [-0.4, -0.2) is 32.2 Å². The number of aryl methyl sites for hydroxylation is 1. The van der Waals surface area contributed by atoms with E-state index in [0.29, 0.717) is 11.3 Å². The molecule has 0 saturated heterocycles. The highest BCUT2D eigenvalue weighted by Crippen LogP contribution is 2.52. The van der Waals surface area contributed by atoms with Gasteiger partial charge in [0, 0.05) is 24.4 Å². The van der Waals surface area contributed by atoms with E-state index in [1.165, 1.54) is 13.2 Å². The van der Waals surface area contributed by atoms with Crippen LogP contribution in [0, 0.1) is 6.92 Å². The predicted molar refractivity (Wildman–Crippen MR) is 100 cm³/mol.